The molecule has 0 bridgehead atoms. The van der Waals surface area contributed by atoms with Crippen molar-refractivity contribution in [2.75, 3.05) is 32.2 Å². The molecule has 2 amide bonds. The third kappa shape index (κ3) is 5.22. The molecular formula is C18H26N4O3. The summed E-state index contributed by atoms with van der Waals surface area (Å²) in [6.45, 7) is 5.94. The van der Waals surface area contributed by atoms with Crippen LogP contribution in [-0.2, 0) is 18.3 Å². The Hall–Kier alpha value is -2.54. The van der Waals surface area contributed by atoms with E-state index in [-0.39, 0.29) is 6.03 Å². The van der Waals surface area contributed by atoms with Gasteiger partial charge in [0, 0.05) is 27.2 Å². The lowest BCUT2D eigenvalue weighted by molar-refractivity contribution is 0.153. The number of methoxy groups -OCH3 is 1. The number of hydrogen-bond donors (Lipinski definition) is 1. The lowest BCUT2D eigenvalue weighted by Crippen LogP contribution is -2.37. The number of rotatable bonds is 8. The summed E-state index contributed by atoms with van der Waals surface area (Å²) < 4.78 is 12.3. The molecule has 2 rings (SSSR count). The van der Waals surface area contributed by atoms with Crippen LogP contribution >= 0.6 is 0 Å². The Labute approximate surface area is 148 Å². The van der Waals surface area contributed by atoms with Crippen molar-refractivity contribution < 1.29 is 14.3 Å². The molecule has 1 aromatic carbocycles. The Morgan fingerprint density at radius 1 is 1.32 bits per heavy atom. The van der Waals surface area contributed by atoms with Gasteiger partial charge in [-0.05, 0) is 31.5 Å². The zero-order chi connectivity index (χ0) is 18.2. The van der Waals surface area contributed by atoms with Crippen molar-refractivity contribution in [3.8, 4) is 5.75 Å². The first-order chi connectivity index (χ1) is 12.0. The molecule has 0 spiro atoms. The molecule has 0 atom stereocenters. The lowest BCUT2D eigenvalue weighted by Gasteiger charge is -2.23. The maximum Gasteiger partial charge on any atom is 0.322 e. The summed E-state index contributed by atoms with van der Waals surface area (Å²) in [6, 6.07) is 7.58. The zero-order valence-electron chi connectivity index (χ0n) is 15.3. The first-order valence-electron chi connectivity index (χ1n) is 8.30. The molecule has 7 heteroatoms. The summed E-state index contributed by atoms with van der Waals surface area (Å²) >= 11 is 0. The van der Waals surface area contributed by atoms with Crippen LogP contribution < -0.4 is 10.1 Å². The number of ether oxygens (including phenoxy) is 2. The largest absolute Gasteiger partial charge is 0.494 e. The summed E-state index contributed by atoms with van der Waals surface area (Å²) in [4.78, 5) is 14.4. The summed E-state index contributed by atoms with van der Waals surface area (Å²) in [5.41, 5.74) is 2.64. The standard InChI is InChI=1S/C18H26N4O3/c1-5-25-16-8-6-15(7-9-16)13-22(10-11-24-4)18(23)20-17-12-19-21(3)14(17)2/h6-9,12H,5,10-11,13H2,1-4H3,(H,20,23). The molecular weight excluding hydrogens is 320 g/mol. The van der Waals surface area contributed by atoms with Gasteiger partial charge in [-0.15, -0.1) is 0 Å². The molecule has 136 valence electrons. The van der Waals surface area contributed by atoms with Crippen LogP contribution in [0.15, 0.2) is 30.5 Å². The Morgan fingerprint density at radius 2 is 2.04 bits per heavy atom. The average Bonchev–Trinajstić information content (AvgIpc) is 2.92. The number of anilines is 1. The molecule has 0 radical (unpaired) electrons. The third-order valence-electron chi connectivity index (χ3n) is 3.94. The second-order valence-corrected chi connectivity index (χ2v) is 5.69. The summed E-state index contributed by atoms with van der Waals surface area (Å²) in [7, 11) is 3.46. The molecule has 0 fully saturated rings. The Bertz CT molecular complexity index is 682. The van der Waals surface area contributed by atoms with E-state index in [1.807, 2.05) is 45.2 Å². The van der Waals surface area contributed by atoms with Gasteiger partial charge in [0.25, 0.3) is 0 Å². The highest BCUT2D eigenvalue weighted by Crippen LogP contribution is 2.16. The van der Waals surface area contributed by atoms with Gasteiger partial charge in [0.2, 0.25) is 0 Å². The number of nitrogens with zero attached hydrogens (tertiary/aromatic N) is 3. The Balaban J connectivity index is 2.06. The minimum Gasteiger partial charge on any atom is -0.494 e. The molecule has 1 aromatic heterocycles. The smallest absolute Gasteiger partial charge is 0.322 e. The maximum atomic E-state index is 12.7. The SMILES string of the molecule is CCOc1ccc(CN(CCOC)C(=O)Nc2cnn(C)c2C)cc1. The minimum atomic E-state index is -0.179. The number of benzene rings is 1. The fourth-order valence-corrected chi connectivity index (χ4v) is 2.35. The van der Waals surface area contributed by atoms with E-state index in [1.165, 1.54) is 0 Å². The van der Waals surface area contributed by atoms with Crippen LogP contribution in [0.1, 0.15) is 18.2 Å². The fraction of sp³-hybridized carbons (Fsp3) is 0.444. The van der Waals surface area contributed by atoms with Crippen LogP contribution in [0.5, 0.6) is 5.75 Å². The molecule has 25 heavy (non-hydrogen) atoms. The van der Waals surface area contributed by atoms with Crippen molar-refractivity contribution in [3.05, 3.63) is 41.7 Å². The van der Waals surface area contributed by atoms with Gasteiger partial charge < -0.3 is 19.7 Å². The number of aryl methyl sites for hydroxylation is 1. The van der Waals surface area contributed by atoms with Crippen molar-refractivity contribution in [2.45, 2.75) is 20.4 Å². The number of urea groups is 1. The Morgan fingerprint density at radius 3 is 2.60 bits per heavy atom. The van der Waals surface area contributed by atoms with Gasteiger partial charge in [0.05, 0.1) is 30.8 Å². The summed E-state index contributed by atoms with van der Waals surface area (Å²) in [5, 5.41) is 7.06. The molecule has 2 aromatic rings. The molecule has 1 N–H and O–H groups in total. The van der Waals surface area contributed by atoms with E-state index >= 15 is 0 Å². The molecule has 0 aliphatic heterocycles. The zero-order valence-corrected chi connectivity index (χ0v) is 15.3. The van der Waals surface area contributed by atoms with Crippen molar-refractivity contribution >= 4 is 11.7 Å². The van der Waals surface area contributed by atoms with Gasteiger partial charge in [0.1, 0.15) is 5.75 Å². The van der Waals surface area contributed by atoms with Gasteiger partial charge in [-0.1, -0.05) is 12.1 Å². The normalized spacial score (nSPS) is 10.6. The summed E-state index contributed by atoms with van der Waals surface area (Å²) in [6.07, 6.45) is 1.65. The van der Waals surface area contributed by atoms with Crippen LogP contribution in [0.2, 0.25) is 0 Å². The predicted octanol–water partition coefficient (Wildman–Crippen LogP) is 2.81. The third-order valence-corrected chi connectivity index (χ3v) is 3.94. The van der Waals surface area contributed by atoms with E-state index in [9.17, 15) is 4.79 Å². The highest BCUT2D eigenvalue weighted by Gasteiger charge is 2.16. The fourth-order valence-electron chi connectivity index (χ4n) is 2.35. The number of carbonyl (C=O) groups excluding carboxylic acids is 1. The van der Waals surface area contributed by atoms with Crippen molar-refractivity contribution in [1.29, 1.82) is 0 Å². The van der Waals surface area contributed by atoms with Crippen LogP contribution in [0.25, 0.3) is 0 Å². The topological polar surface area (TPSA) is 68.6 Å². The number of amides is 2. The number of aromatic nitrogens is 2. The first kappa shape index (κ1) is 18.8. The van der Waals surface area contributed by atoms with Crippen molar-refractivity contribution in [1.82, 2.24) is 14.7 Å². The van der Waals surface area contributed by atoms with Crippen LogP contribution in [0.3, 0.4) is 0 Å². The minimum absolute atomic E-state index is 0.179. The van der Waals surface area contributed by atoms with Crippen LogP contribution in [-0.4, -0.2) is 47.6 Å². The number of nitrogens with one attached hydrogen (secondary N) is 1. The molecule has 0 aliphatic carbocycles. The van der Waals surface area contributed by atoms with Crippen LogP contribution in [0, 0.1) is 6.92 Å². The van der Waals surface area contributed by atoms with Crippen LogP contribution in [0.4, 0.5) is 10.5 Å². The molecule has 7 nitrogen and oxygen atoms in total. The summed E-state index contributed by atoms with van der Waals surface area (Å²) in [5.74, 6) is 0.824. The van der Waals surface area contributed by atoms with Crippen molar-refractivity contribution in [2.24, 2.45) is 7.05 Å². The number of hydrogen-bond acceptors (Lipinski definition) is 4. The van der Waals surface area contributed by atoms with E-state index in [4.69, 9.17) is 9.47 Å². The van der Waals surface area contributed by atoms with Gasteiger partial charge in [-0.25, -0.2) is 4.79 Å². The number of carbonyl (C=O) groups is 1. The van der Waals surface area contributed by atoms with Gasteiger partial charge in [-0.2, -0.15) is 5.10 Å². The Kier molecular flexibility index (Phi) is 6.82. The molecule has 1 heterocycles. The maximum absolute atomic E-state index is 12.7. The highest BCUT2D eigenvalue weighted by molar-refractivity contribution is 5.89. The molecule has 0 saturated heterocycles. The first-order valence-corrected chi connectivity index (χ1v) is 8.30. The lowest BCUT2D eigenvalue weighted by atomic mass is 10.2. The van der Waals surface area contributed by atoms with Gasteiger partial charge in [-0.3, -0.25) is 4.68 Å². The predicted molar refractivity (Wildman–Crippen MR) is 96.9 cm³/mol. The second kappa shape index (κ2) is 9.08. The van der Waals surface area contributed by atoms with E-state index in [0.29, 0.717) is 32.0 Å². The second-order valence-electron chi connectivity index (χ2n) is 5.69. The quantitative estimate of drug-likeness (QED) is 0.798. The van der Waals surface area contributed by atoms with Gasteiger partial charge >= 0.3 is 6.03 Å². The van der Waals surface area contributed by atoms with E-state index in [0.717, 1.165) is 17.0 Å². The molecule has 0 saturated carbocycles. The van der Waals surface area contributed by atoms with Crippen molar-refractivity contribution in [3.63, 3.8) is 0 Å². The molecule has 0 unspecified atom stereocenters. The average molecular weight is 346 g/mol. The van der Waals surface area contributed by atoms with E-state index in [1.54, 1.807) is 22.9 Å². The van der Waals surface area contributed by atoms with E-state index in [2.05, 4.69) is 10.4 Å². The monoisotopic (exact) mass is 346 g/mol. The van der Waals surface area contributed by atoms with Gasteiger partial charge in [0.15, 0.2) is 0 Å². The van der Waals surface area contributed by atoms with E-state index < -0.39 is 0 Å². The molecule has 0 aliphatic rings. The highest BCUT2D eigenvalue weighted by atomic mass is 16.5.